The molecule has 0 amide bonds. The van der Waals surface area contributed by atoms with Gasteiger partial charge in [-0.1, -0.05) is 17.7 Å². The highest BCUT2D eigenvalue weighted by molar-refractivity contribution is 5.62. The van der Waals surface area contributed by atoms with Gasteiger partial charge in [0.25, 0.3) is 0 Å². The first kappa shape index (κ1) is 11.8. The highest BCUT2D eigenvalue weighted by atomic mass is 16.5. The molecule has 1 aliphatic rings. The standard InChI is InChI=1S/C15H18O2/c1-11(2)6-8-15(3)9-7-12-10-13(16)4-5-14(12)17-15/h4-7,9-10,16H,8H2,1-3H3. The summed E-state index contributed by atoms with van der Waals surface area (Å²) in [6.45, 7) is 6.24. The minimum atomic E-state index is -0.290. The van der Waals surface area contributed by atoms with Gasteiger partial charge >= 0.3 is 0 Å². The van der Waals surface area contributed by atoms with Crippen LogP contribution in [0.5, 0.6) is 11.5 Å². The molecule has 0 radical (unpaired) electrons. The zero-order valence-corrected chi connectivity index (χ0v) is 10.5. The molecular weight excluding hydrogens is 212 g/mol. The molecule has 90 valence electrons. The van der Waals surface area contributed by atoms with Crippen molar-refractivity contribution in [3.8, 4) is 11.5 Å². The van der Waals surface area contributed by atoms with E-state index >= 15 is 0 Å². The molecule has 0 saturated heterocycles. The number of phenols is 1. The number of fused-ring (bicyclic) bond motifs is 1. The van der Waals surface area contributed by atoms with E-state index < -0.39 is 0 Å². The van der Waals surface area contributed by atoms with E-state index in [1.54, 1.807) is 12.1 Å². The van der Waals surface area contributed by atoms with Crippen LogP contribution in [-0.4, -0.2) is 10.7 Å². The van der Waals surface area contributed by atoms with E-state index in [4.69, 9.17) is 4.74 Å². The number of phenolic OH excluding ortho intramolecular Hbond substituents is 1. The normalized spacial score (nSPS) is 21.6. The molecule has 0 fully saturated rings. The molecule has 1 atom stereocenters. The van der Waals surface area contributed by atoms with E-state index in [1.807, 2.05) is 18.2 Å². The maximum absolute atomic E-state index is 9.40. The summed E-state index contributed by atoms with van der Waals surface area (Å²) >= 11 is 0. The summed E-state index contributed by atoms with van der Waals surface area (Å²) in [5, 5.41) is 9.40. The van der Waals surface area contributed by atoms with Crippen LogP contribution in [0.15, 0.2) is 35.9 Å². The minimum Gasteiger partial charge on any atom is -0.508 e. The Morgan fingerprint density at radius 1 is 1.41 bits per heavy atom. The average molecular weight is 230 g/mol. The quantitative estimate of drug-likeness (QED) is 0.780. The highest BCUT2D eigenvalue weighted by Crippen LogP contribution is 2.34. The lowest BCUT2D eigenvalue weighted by Gasteiger charge is -2.31. The summed E-state index contributed by atoms with van der Waals surface area (Å²) in [6.07, 6.45) is 7.09. The second kappa shape index (κ2) is 4.28. The predicted molar refractivity (Wildman–Crippen MR) is 70.2 cm³/mol. The van der Waals surface area contributed by atoms with Crippen LogP contribution in [0.2, 0.25) is 0 Å². The molecule has 2 nitrogen and oxygen atoms in total. The molecule has 0 aliphatic carbocycles. The minimum absolute atomic E-state index is 0.268. The van der Waals surface area contributed by atoms with Crippen molar-refractivity contribution < 1.29 is 9.84 Å². The van der Waals surface area contributed by atoms with Gasteiger partial charge in [0.1, 0.15) is 17.1 Å². The molecule has 17 heavy (non-hydrogen) atoms. The highest BCUT2D eigenvalue weighted by Gasteiger charge is 2.26. The van der Waals surface area contributed by atoms with Gasteiger partial charge in [0, 0.05) is 12.0 Å². The van der Waals surface area contributed by atoms with Crippen LogP contribution in [0.4, 0.5) is 0 Å². The van der Waals surface area contributed by atoms with E-state index in [0.717, 1.165) is 17.7 Å². The lowest BCUT2D eigenvalue weighted by molar-refractivity contribution is 0.141. The van der Waals surface area contributed by atoms with Gasteiger partial charge in [0.15, 0.2) is 0 Å². The van der Waals surface area contributed by atoms with Crippen molar-refractivity contribution >= 4 is 6.08 Å². The number of benzene rings is 1. The van der Waals surface area contributed by atoms with E-state index in [9.17, 15) is 5.11 Å². The van der Waals surface area contributed by atoms with Gasteiger partial charge in [-0.3, -0.25) is 0 Å². The molecule has 1 aromatic carbocycles. The molecule has 1 heterocycles. The molecule has 2 rings (SSSR count). The Hall–Kier alpha value is -1.70. The van der Waals surface area contributed by atoms with Crippen molar-refractivity contribution in [2.24, 2.45) is 0 Å². The maximum Gasteiger partial charge on any atom is 0.128 e. The molecule has 0 aromatic heterocycles. The first-order chi connectivity index (χ1) is 7.98. The van der Waals surface area contributed by atoms with Gasteiger partial charge in [-0.15, -0.1) is 0 Å². The summed E-state index contributed by atoms with van der Waals surface area (Å²) < 4.78 is 5.98. The van der Waals surface area contributed by atoms with Gasteiger partial charge in [-0.25, -0.2) is 0 Å². The lowest BCUT2D eigenvalue weighted by Crippen LogP contribution is -2.31. The fraction of sp³-hybridized carbons (Fsp3) is 0.333. The van der Waals surface area contributed by atoms with Gasteiger partial charge in [-0.05, 0) is 45.0 Å². The van der Waals surface area contributed by atoms with Crippen molar-refractivity contribution in [3.63, 3.8) is 0 Å². The second-order valence-corrected chi connectivity index (χ2v) is 4.96. The number of allylic oxidation sites excluding steroid dienone is 1. The zero-order chi connectivity index (χ0) is 12.5. The third kappa shape index (κ3) is 2.70. The number of hydrogen-bond donors (Lipinski definition) is 1. The molecule has 0 spiro atoms. The molecule has 1 aliphatic heterocycles. The van der Waals surface area contributed by atoms with Crippen LogP contribution >= 0.6 is 0 Å². The van der Waals surface area contributed by atoms with E-state index in [1.165, 1.54) is 5.57 Å². The van der Waals surface area contributed by atoms with E-state index in [2.05, 4.69) is 26.8 Å². The van der Waals surface area contributed by atoms with Crippen LogP contribution in [0.25, 0.3) is 6.08 Å². The van der Waals surface area contributed by atoms with Crippen LogP contribution in [0.3, 0.4) is 0 Å². The monoisotopic (exact) mass is 230 g/mol. The average Bonchev–Trinajstić information content (AvgIpc) is 2.27. The zero-order valence-electron chi connectivity index (χ0n) is 10.5. The molecule has 1 unspecified atom stereocenters. The van der Waals surface area contributed by atoms with Gasteiger partial charge < -0.3 is 9.84 Å². The molecule has 0 bridgehead atoms. The topological polar surface area (TPSA) is 29.5 Å². The number of rotatable bonds is 2. The van der Waals surface area contributed by atoms with Crippen LogP contribution < -0.4 is 4.74 Å². The van der Waals surface area contributed by atoms with E-state index in [-0.39, 0.29) is 11.4 Å². The Balaban J connectivity index is 2.24. The lowest BCUT2D eigenvalue weighted by atomic mass is 9.96. The Kier molecular flexibility index (Phi) is 2.97. The molecule has 1 aromatic rings. The number of hydrogen-bond acceptors (Lipinski definition) is 2. The molecule has 0 saturated carbocycles. The smallest absolute Gasteiger partial charge is 0.128 e. The third-order valence-corrected chi connectivity index (χ3v) is 2.87. The molecule has 1 N–H and O–H groups in total. The summed E-state index contributed by atoms with van der Waals surface area (Å²) in [5.74, 6) is 1.10. The Morgan fingerprint density at radius 3 is 2.88 bits per heavy atom. The van der Waals surface area contributed by atoms with Crippen molar-refractivity contribution in [1.82, 2.24) is 0 Å². The fourth-order valence-corrected chi connectivity index (χ4v) is 1.83. The van der Waals surface area contributed by atoms with Gasteiger partial charge in [0.2, 0.25) is 0 Å². The molecule has 2 heteroatoms. The predicted octanol–water partition coefficient (Wildman–Crippen LogP) is 3.91. The van der Waals surface area contributed by atoms with Crippen molar-refractivity contribution in [2.45, 2.75) is 32.8 Å². The van der Waals surface area contributed by atoms with Crippen LogP contribution in [-0.2, 0) is 0 Å². The maximum atomic E-state index is 9.40. The summed E-state index contributed by atoms with van der Waals surface area (Å²) in [7, 11) is 0. The van der Waals surface area contributed by atoms with Crippen molar-refractivity contribution in [3.05, 3.63) is 41.5 Å². The van der Waals surface area contributed by atoms with Gasteiger partial charge in [-0.2, -0.15) is 0 Å². The number of ether oxygens (including phenoxy) is 1. The Bertz CT molecular complexity index is 482. The Labute approximate surface area is 102 Å². The van der Waals surface area contributed by atoms with Crippen molar-refractivity contribution in [2.75, 3.05) is 0 Å². The first-order valence-electron chi connectivity index (χ1n) is 5.83. The van der Waals surface area contributed by atoms with Crippen LogP contribution in [0.1, 0.15) is 32.8 Å². The third-order valence-electron chi connectivity index (χ3n) is 2.87. The summed E-state index contributed by atoms with van der Waals surface area (Å²) in [4.78, 5) is 0. The number of aromatic hydroxyl groups is 1. The second-order valence-electron chi connectivity index (χ2n) is 4.96. The Morgan fingerprint density at radius 2 is 2.18 bits per heavy atom. The van der Waals surface area contributed by atoms with Gasteiger partial charge in [0.05, 0.1) is 0 Å². The van der Waals surface area contributed by atoms with Crippen molar-refractivity contribution in [1.29, 1.82) is 0 Å². The van der Waals surface area contributed by atoms with E-state index in [0.29, 0.717) is 0 Å². The summed E-state index contributed by atoms with van der Waals surface area (Å²) in [6, 6.07) is 5.18. The molecular formula is C15H18O2. The summed E-state index contributed by atoms with van der Waals surface area (Å²) in [5.41, 5.74) is 1.93. The van der Waals surface area contributed by atoms with Crippen LogP contribution in [0, 0.1) is 0 Å². The largest absolute Gasteiger partial charge is 0.508 e. The first-order valence-corrected chi connectivity index (χ1v) is 5.83. The fourth-order valence-electron chi connectivity index (χ4n) is 1.83. The SMILES string of the molecule is CC(C)=CCC1(C)C=Cc2cc(O)ccc2O1.